The second-order valence-electron chi connectivity index (χ2n) is 4.32. The second-order valence-corrected chi connectivity index (χ2v) is 4.32. The zero-order valence-corrected chi connectivity index (χ0v) is 10.2. The average molecular weight is 236 g/mol. The van der Waals surface area contributed by atoms with Gasteiger partial charge in [-0.3, -0.25) is 0 Å². The van der Waals surface area contributed by atoms with E-state index in [1.54, 1.807) is 0 Å². The van der Waals surface area contributed by atoms with Crippen molar-refractivity contribution in [2.75, 3.05) is 0 Å². The SMILES string of the molecule is C#C[C@H](Cc1ccccc1)[C@H](O)c1ccccc1. The quantitative estimate of drug-likeness (QED) is 0.808. The zero-order valence-electron chi connectivity index (χ0n) is 10.2. The fourth-order valence-electron chi connectivity index (χ4n) is 2.01. The van der Waals surface area contributed by atoms with E-state index in [4.69, 9.17) is 6.42 Å². The van der Waals surface area contributed by atoms with Gasteiger partial charge in [-0.15, -0.1) is 6.42 Å². The van der Waals surface area contributed by atoms with Crippen LogP contribution in [0.3, 0.4) is 0 Å². The van der Waals surface area contributed by atoms with Gasteiger partial charge < -0.3 is 5.11 Å². The van der Waals surface area contributed by atoms with Crippen LogP contribution in [0.25, 0.3) is 0 Å². The van der Waals surface area contributed by atoms with Crippen molar-refractivity contribution in [3.05, 3.63) is 71.8 Å². The van der Waals surface area contributed by atoms with Gasteiger partial charge in [0.05, 0.1) is 12.0 Å². The number of benzene rings is 2. The van der Waals surface area contributed by atoms with E-state index >= 15 is 0 Å². The molecule has 0 amide bonds. The van der Waals surface area contributed by atoms with Crippen molar-refractivity contribution >= 4 is 0 Å². The van der Waals surface area contributed by atoms with Crippen LogP contribution in [0.15, 0.2) is 60.7 Å². The van der Waals surface area contributed by atoms with Gasteiger partial charge in [0.25, 0.3) is 0 Å². The highest BCUT2D eigenvalue weighted by atomic mass is 16.3. The third-order valence-electron chi connectivity index (χ3n) is 3.03. The minimum atomic E-state index is -0.614. The number of terminal acetylenes is 1. The number of aliphatic hydroxyl groups excluding tert-OH is 1. The van der Waals surface area contributed by atoms with E-state index in [2.05, 4.69) is 5.92 Å². The predicted octanol–water partition coefficient (Wildman–Crippen LogP) is 3.21. The lowest BCUT2D eigenvalue weighted by Gasteiger charge is -2.18. The first-order chi connectivity index (χ1) is 8.81. The Balaban J connectivity index is 2.13. The van der Waals surface area contributed by atoms with Crippen LogP contribution in [-0.2, 0) is 6.42 Å². The van der Waals surface area contributed by atoms with Gasteiger partial charge in [0, 0.05) is 0 Å². The smallest absolute Gasteiger partial charge is 0.0930 e. The number of rotatable bonds is 4. The molecular formula is C17H16O. The summed E-state index contributed by atoms with van der Waals surface area (Å²) in [6, 6.07) is 19.6. The third-order valence-corrected chi connectivity index (χ3v) is 3.03. The molecule has 1 heteroatoms. The van der Waals surface area contributed by atoms with E-state index in [0.29, 0.717) is 6.42 Å². The number of aliphatic hydroxyl groups is 1. The summed E-state index contributed by atoms with van der Waals surface area (Å²) in [5, 5.41) is 10.3. The van der Waals surface area contributed by atoms with Gasteiger partial charge in [-0.1, -0.05) is 66.6 Å². The van der Waals surface area contributed by atoms with Gasteiger partial charge in [-0.2, -0.15) is 0 Å². The molecular weight excluding hydrogens is 220 g/mol. The summed E-state index contributed by atoms with van der Waals surface area (Å²) in [5.41, 5.74) is 2.02. The highest BCUT2D eigenvalue weighted by molar-refractivity contribution is 5.23. The van der Waals surface area contributed by atoms with Crippen LogP contribution in [0.5, 0.6) is 0 Å². The first-order valence-corrected chi connectivity index (χ1v) is 6.04. The van der Waals surface area contributed by atoms with Gasteiger partial charge in [0.15, 0.2) is 0 Å². The molecule has 0 aliphatic carbocycles. The van der Waals surface area contributed by atoms with E-state index in [0.717, 1.165) is 11.1 Å². The second kappa shape index (κ2) is 6.05. The van der Waals surface area contributed by atoms with E-state index in [-0.39, 0.29) is 5.92 Å². The first kappa shape index (κ1) is 12.4. The van der Waals surface area contributed by atoms with Crippen molar-refractivity contribution in [2.45, 2.75) is 12.5 Å². The predicted molar refractivity (Wildman–Crippen MR) is 73.9 cm³/mol. The molecule has 0 aromatic heterocycles. The lowest BCUT2D eigenvalue weighted by Crippen LogP contribution is -2.13. The molecule has 0 bridgehead atoms. The van der Waals surface area contributed by atoms with Gasteiger partial charge >= 0.3 is 0 Å². The lowest BCUT2D eigenvalue weighted by atomic mass is 9.90. The average Bonchev–Trinajstić information content (AvgIpc) is 2.46. The summed E-state index contributed by atoms with van der Waals surface area (Å²) in [4.78, 5) is 0. The van der Waals surface area contributed by atoms with Gasteiger partial charge in [-0.05, 0) is 17.5 Å². The first-order valence-electron chi connectivity index (χ1n) is 6.04. The Hall–Kier alpha value is -2.04. The van der Waals surface area contributed by atoms with Crippen molar-refractivity contribution < 1.29 is 5.11 Å². The molecule has 90 valence electrons. The standard InChI is InChI=1S/C17H16O/c1-2-15(13-14-9-5-3-6-10-14)17(18)16-11-7-4-8-12-16/h1,3-12,15,17-18H,13H2/t15-,17+/m1/s1. The van der Waals surface area contributed by atoms with Gasteiger partial charge in [0.2, 0.25) is 0 Å². The molecule has 0 spiro atoms. The summed E-state index contributed by atoms with van der Waals surface area (Å²) in [6.45, 7) is 0. The maximum Gasteiger partial charge on any atom is 0.0930 e. The summed E-state index contributed by atoms with van der Waals surface area (Å²) in [5.74, 6) is 2.50. The fourth-order valence-corrected chi connectivity index (χ4v) is 2.01. The molecule has 0 saturated carbocycles. The van der Waals surface area contributed by atoms with Crippen LogP contribution < -0.4 is 0 Å². The third kappa shape index (κ3) is 3.00. The van der Waals surface area contributed by atoms with E-state index in [9.17, 15) is 5.11 Å². The minimum absolute atomic E-state index is 0.199. The minimum Gasteiger partial charge on any atom is -0.387 e. The maximum absolute atomic E-state index is 10.3. The molecule has 0 heterocycles. The number of hydrogen-bond donors (Lipinski definition) is 1. The highest BCUT2D eigenvalue weighted by Gasteiger charge is 2.18. The molecule has 1 nitrogen and oxygen atoms in total. The van der Waals surface area contributed by atoms with Crippen LogP contribution in [0.1, 0.15) is 17.2 Å². The summed E-state index contributed by atoms with van der Waals surface area (Å²) in [6.07, 6.45) is 5.62. The Labute approximate surface area is 108 Å². The van der Waals surface area contributed by atoms with Gasteiger partial charge in [-0.25, -0.2) is 0 Å². The van der Waals surface area contributed by atoms with Crippen molar-refractivity contribution in [1.29, 1.82) is 0 Å². The molecule has 1 N–H and O–H groups in total. The summed E-state index contributed by atoms with van der Waals surface area (Å²) >= 11 is 0. The van der Waals surface area contributed by atoms with Crippen LogP contribution >= 0.6 is 0 Å². The maximum atomic E-state index is 10.3. The topological polar surface area (TPSA) is 20.2 Å². The normalized spacial score (nSPS) is 13.6. The molecule has 0 saturated heterocycles. The van der Waals surface area contributed by atoms with Crippen molar-refractivity contribution in [3.8, 4) is 12.3 Å². The molecule has 0 radical (unpaired) electrons. The fraction of sp³-hybridized carbons (Fsp3) is 0.176. The Morgan fingerprint density at radius 2 is 1.50 bits per heavy atom. The Bertz CT molecular complexity index is 510. The summed E-state index contributed by atoms with van der Waals surface area (Å²) < 4.78 is 0. The molecule has 2 aromatic carbocycles. The van der Waals surface area contributed by atoms with E-state index in [1.807, 2.05) is 60.7 Å². The Kier molecular flexibility index (Phi) is 4.17. The zero-order chi connectivity index (χ0) is 12.8. The van der Waals surface area contributed by atoms with Crippen LogP contribution in [0, 0.1) is 18.3 Å². The molecule has 2 aromatic rings. The highest BCUT2D eigenvalue weighted by Crippen LogP contribution is 2.24. The van der Waals surface area contributed by atoms with Gasteiger partial charge in [0.1, 0.15) is 0 Å². The summed E-state index contributed by atoms with van der Waals surface area (Å²) in [7, 11) is 0. The molecule has 0 fully saturated rings. The van der Waals surface area contributed by atoms with Crippen LogP contribution in [-0.4, -0.2) is 5.11 Å². The lowest BCUT2D eigenvalue weighted by molar-refractivity contribution is 0.135. The monoisotopic (exact) mass is 236 g/mol. The Morgan fingerprint density at radius 1 is 0.944 bits per heavy atom. The molecule has 0 aliphatic heterocycles. The van der Waals surface area contributed by atoms with Crippen molar-refractivity contribution in [2.24, 2.45) is 5.92 Å². The molecule has 2 atom stereocenters. The van der Waals surface area contributed by atoms with Crippen LogP contribution in [0.2, 0.25) is 0 Å². The van der Waals surface area contributed by atoms with Crippen molar-refractivity contribution in [3.63, 3.8) is 0 Å². The van der Waals surface area contributed by atoms with E-state index in [1.165, 1.54) is 0 Å². The molecule has 18 heavy (non-hydrogen) atoms. The van der Waals surface area contributed by atoms with Crippen molar-refractivity contribution in [1.82, 2.24) is 0 Å². The molecule has 2 rings (SSSR count). The largest absolute Gasteiger partial charge is 0.387 e. The Morgan fingerprint density at radius 3 is 2.06 bits per heavy atom. The molecule has 0 aliphatic rings. The molecule has 0 unspecified atom stereocenters. The number of hydrogen-bond acceptors (Lipinski definition) is 1. The van der Waals surface area contributed by atoms with E-state index < -0.39 is 6.10 Å². The van der Waals surface area contributed by atoms with Crippen LogP contribution in [0.4, 0.5) is 0 Å².